The van der Waals surface area contributed by atoms with Crippen molar-refractivity contribution >= 4 is 29.0 Å². The number of anilines is 1. The molecule has 6 heteroatoms. The van der Waals surface area contributed by atoms with Crippen molar-refractivity contribution in [1.82, 2.24) is 0 Å². The number of halogens is 4. The van der Waals surface area contributed by atoms with Gasteiger partial charge in [-0.2, -0.15) is 0 Å². The Hall–Kier alpha value is -3.17. The molecule has 0 aliphatic rings. The van der Waals surface area contributed by atoms with Gasteiger partial charge in [0.05, 0.1) is 5.69 Å². The molecule has 0 amide bonds. The maximum absolute atomic E-state index is 14.1. The first-order valence-electron chi connectivity index (χ1n) is 9.58. The highest BCUT2D eigenvalue weighted by Crippen LogP contribution is 2.59. The Morgan fingerprint density at radius 3 is 1.26 bits per heavy atom. The highest BCUT2D eigenvalue weighted by molar-refractivity contribution is 7.96. The molecule has 0 aromatic heterocycles. The molecule has 0 bridgehead atoms. The Morgan fingerprint density at radius 1 is 0.516 bits per heavy atom. The predicted octanol–water partition coefficient (Wildman–Crippen LogP) is 5.59. The van der Waals surface area contributed by atoms with Crippen LogP contribution in [0.5, 0.6) is 0 Å². The molecule has 0 fully saturated rings. The van der Waals surface area contributed by atoms with Gasteiger partial charge in [-0.25, -0.2) is 22.2 Å². The summed E-state index contributed by atoms with van der Waals surface area (Å²) in [6.07, 6.45) is 0. The van der Waals surface area contributed by atoms with E-state index in [9.17, 15) is 17.6 Å². The molecule has 31 heavy (non-hydrogen) atoms. The lowest BCUT2D eigenvalue weighted by Gasteiger charge is -2.35. The van der Waals surface area contributed by atoms with E-state index in [1.54, 1.807) is 48.5 Å². The maximum Gasteiger partial charge on any atom is 0.202 e. The van der Waals surface area contributed by atoms with Gasteiger partial charge in [0, 0.05) is 13.1 Å². The van der Waals surface area contributed by atoms with E-state index in [0.717, 1.165) is 15.9 Å². The maximum atomic E-state index is 14.1. The minimum absolute atomic E-state index is 0.395. The summed E-state index contributed by atoms with van der Waals surface area (Å²) >= 11 is 0. The van der Waals surface area contributed by atoms with Crippen molar-refractivity contribution in [3.8, 4) is 0 Å². The normalized spacial score (nSPS) is 11.4. The third-order valence-corrected chi connectivity index (χ3v) is 9.50. The number of hydrogen-bond acceptors (Lipinski definition) is 1. The third kappa shape index (κ3) is 3.94. The fraction of sp³-hybridized carbons (Fsp3) is 0.0400. The van der Waals surface area contributed by atoms with Crippen molar-refractivity contribution in [3.63, 3.8) is 0 Å². The van der Waals surface area contributed by atoms with Crippen LogP contribution in [-0.2, 0) is 0 Å². The van der Waals surface area contributed by atoms with E-state index in [-0.39, 0.29) is 0 Å². The average molecular weight is 440 g/mol. The van der Waals surface area contributed by atoms with E-state index in [1.165, 1.54) is 48.5 Å². The van der Waals surface area contributed by atoms with E-state index >= 15 is 0 Å². The van der Waals surface area contributed by atoms with Crippen molar-refractivity contribution in [2.45, 2.75) is 0 Å². The van der Waals surface area contributed by atoms with Gasteiger partial charge in [0.15, 0.2) is 0 Å². The van der Waals surface area contributed by atoms with E-state index < -0.39 is 30.7 Å². The smallest absolute Gasteiger partial charge is 0.202 e. The van der Waals surface area contributed by atoms with Gasteiger partial charge in [0.25, 0.3) is 0 Å². The number of rotatable bonds is 5. The second kappa shape index (κ2) is 8.52. The molecule has 4 aromatic rings. The first-order valence-corrected chi connectivity index (χ1v) is 11.3. The Labute approximate surface area is 179 Å². The third-order valence-electron chi connectivity index (χ3n) is 5.23. The molecule has 0 N–H and O–H groups in total. The molecule has 0 radical (unpaired) electrons. The second-order valence-corrected chi connectivity index (χ2v) is 10.5. The summed E-state index contributed by atoms with van der Waals surface area (Å²) in [5, 5.41) is 2.29. The summed E-state index contributed by atoms with van der Waals surface area (Å²) in [6, 6.07) is 24.3. The minimum atomic E-state index is -2.78. The summed E-state index contributed by atoms with van der Waals surface area (Å²) in [5.74, 6) is -1.59. The largest absolute Gasteiger partial charge is 0.237 e. The molecule has 0 heterocycles. The summed E-state index contributed by atoms with van der Waals surface area (Å²) in [4.78, 5) is 0. The zero-order chi connectivity index (χ0) is 22.0. The van der Waals surface area contributed by atoms with Crippen LogP contribution in [0.3, 0.4) is 0 Å². The highest BCUT2D eigenvalue weighted by Gasteiger charge is 2.50. The lowest BCUT2D eigenvalue weighted by molar-refractivity contribution is 0.628. The van der Waals surface area contributed by atoms with Crippen molar-refractivity contribution in [2.24, 2.45) is 0 Å². The summed E-state index contributed by atoms with van der Waals surface area (Å²) in [7, 11) is -0.961. The minimum Gasteiger partial charge on any atom is -0.237 e. The highest BCUT2D eigenvalue weighted by atomic mass is 31.2. The van der Waals surface area contributed by atoms with E-state index in [4.69, 9.17) is 0 Å². The van der Waals surface area contributed by atoms with Gasteiger partial charge in [-0.1, -0.05) is 6.07 Å². The number of nitrogens with zero attached hydrogens (tertiary/aromatic N) is 1. The fourth-order valence-electron chi connectivity index (χ4n) is 3.79. The average Bonchev–Trinajstić information content (AvgIpc) is 2.77. The molecular formula is C25H19F4NP+. The van der Waals surface area contributed by atoms with Crippen LogP contribution < -0.4 is 20.6 Å². The van der Waals surface area contributed by atoms with Crippen LogP contribution in [0.15, 0.2) is 97.1 Å². The molecular weight excluding hydrogens is 421 g/mol. The molecule has 156 valence electrons. The summed E-state index contributed by atoms with van der Waals surface area (Å²) < 4.78 is 57.5. The molecule has 4 aromatic carbocycles. The standard InChI is InChI=1S/C25H19F4NP/c1-30(22-4-2-3-21(29)17-22)31(23-11-5-18(26)6-12-23,24-13-7-19(27)8-14-24)25-15-9-20(28)10-16-25/h2-17H,1H3/q+1. The van der Waals surface area contributed by atoms with Crippen LogP contribution in [0.1, 0.15) is 0 Å². The second-order valence-electron chi connectivity index (χ2n) is 7.07. The molecule has 0 spiro atoms. The molecule has 0 atom stereocenters. The van der Waals surface area contributed by atoms with Crippen LogP contribution in [0, 0.1) is 23.3 Å². The van der Waals surface area contributed by atoms with Crippen LogP contribution in [0.2, 0.25) is 0 Å². The lowest BCUT2D eigenvalue weighted by Crippen LogP contribution is -2.42. The lowest BCUT2D eigenvalue weighted by atomic mass is 10.3. The van der Waals surface area contributed by atoms with Gasteiger partial charge in [0.1, 0.15) is 39.2 Å². The molecule has 0 saturated heterocycles. The van der Waals surface area contributed by atoms with Gasteiger partial charge in [-0.05, 0) is 84.9 Å². The van der Waals surface area contributed by atoms with Gasteiger partial charge in [-0.15, -0.1) is 0 Å². The molecule has 0 aliphatic heterocycles. The number of benzene rings is 4. The Bertz CT molecular complexity index is 1060. The van der Waals surface area contributed by atoms with Crippen molar-refractivity contribution in [3.05, 3.63) is 120 Å². The van der Waals surface area contributed by atoms with E-state index in [2.05, 4.69) is 0 Å². The summed E-state index contributed by atoms with van der Waals surface area (Å²) in [6.45, 7) is 0. The van der Waals surface area contributed by atoms with Crippen LogP contribution in [0.4, 0.5) is 23.2 Å². The molecule has 0 aliphatic carbocycles. The Balaban J connectivity index is 2.08. The Kier molecular flexibility index (Phi) is 5.79. The van der Waals surface area contributed by atoms with Crippen molar-refractivity contribution < 1.29 is 17.6 Å². The van der Waals surface area contributed by atoms with Gasteiger partial charge in [0.2, 0.25) is 7.41 Å². The van der Waals surface area contributed by atoms with E-state index in [0.29, 0.717) is 5.69 Å². The SMILES string of the molecule is CN(c1cccc(F)c1)[P+](c1ccc(F)cc1)(c1ccc(F)cc1)c1ccc(F)cc1. The van der Waals surface area contributed by atoms with Gasteiger partial charge in [-0.3, -0.25) is 0 Å². The zero-order valence-corrected chi connectivity index (χ0v) is 17.5. The summed E-state index contributed by atoms with van der Waals surface area (Å²) in [5.41, 5.74) is 0.589. The first-order chi connectivity index (χ1) is 14.9. The quantitative estimate of drug-likeness (QED) is 0.289. The van der Waals surface area contributed by atoms with Crippen LogP contribution >= 0.6 is 7.41 Å². The first kappa shape index (κ1) is 21.1. The topological polar surface area (TPSA) is 3.24 Å². The Morgan fingerprint density at radius 2 is 0.903 bits per heavy atom. The van der Waals surface area contributed by atoms with E-state index in [1.807, 2.05) is 11.7 Å². The molecule has 4 rings (SSSR count). The monoisotopic (exact) mass is 440 g/mol. The number of hydrogen-bond donors (Lipinski definition) is 0. The molecule has 1 nitrogen and oxygen atoms in total. The van der Waals surface area contributed by atoms with Crippen molar-refractivity contribution in [2.75, 3.05) is 11.7 Å². The zero-order valence-electron chi connectivity index (χ0n) is 16.6. The van der Waals surface area contributed by atoms with Gasteiger partial charge >= 0.3 is 0 Å². The van der Waals surface area contributed by atoms with Gasteiger partial charge < -0.3 is 0 Å². The fourth-order valence-corrected chi connectivity index (χ4v) is 7.93. The molecule has 0 saturated carbocycles. The van der Waals surface area contributed by atoms with Crippen LogP contribution in [-0.4, -0.2) is 7.05 Å². The van der Waals surface area contributed by atoms with Crippen molar-refractivity contribution in [1.29, 1.82) is 0 Å². The molecule has 0 unspecified atom stereocenters. The van der Waals surface area contributed by atoms with Crippen LogP contribution in [0.25, 0.3) is 0 Å². The predicted molar refractivity (Wildman–Crippen MR) is 120 cm³/mol.